The van der Waals surface area contributed by atoms with E-state index >= 15 is 0 Å². The molecule has 0 spiro atoms. The zero-order valence-electron chi connectivity index (χ0n) is 27.3. The molecule has 1 saturated carbocycles. The molecule has 7 aliphatic rings. The highest BCUT2D eigenvalue weighted by molar-refractivity contribution is 5.98. The van der Waals surface area contributed by atoms with Crippen LogP contribution in [-0.4, -0.2) is 119 Å². The second-order valence-electron chi connectivity index (χ2n) is 14.8. The number of fused-ring (bicyclic) bond motifs is 7. The van der Waals surface area contributed by atoms with Crippen molar-refractivity contribution in [2.75, 3.05) is 45.8 Å². The molecule has 2 N–H and O–H groups in total. The van der Waals surface area contributed by atoms with Crippen molar-refractivity contribution in [1.29, 1.82) is 0 Å². The molecule has 6 saturated heterocycles. The first-order valence-electron chi connectivity index (χ1n) is 18.2. The Morgan fingerprint density at radius 2 is 1.50 bits per heavy atom. The summed E-state index contributed by atoms with van der Waals surface area (Å²) in [5.74, 6) is 0.615. The van der Waals surface area contributed by atoms with E-state index in [9.17, 15) is 19.2 Å². The van der Waals surface area contributed by atoms with E-state index in [2.05, 4.69) is 25.3 Å². The summed E-state index contributed by atoms with van der Waals surface area (Å²) in [5.41, 5.74) is 0.553. The zero-order chi connectivity index (χ0) is 31.6. The molecule has 1 aromatic rings. The summed E-state index contributed by atoms with van der Waals surface area (Å²) >= 11 is 0. The fraction of sp³-hybridized carbons (Fsp3) is 0.722. The molecule has 4 bridgehead atoms. The van der Waals surface area contributed by atoms with Gasteiger partial charge in [-0.1, -0.05) is 31.0 Å². The summed E-state index contributed by atoms with van der Waals surface area (Å²) in [7, 11) is 0. The summed E-state index contributed by atoms with van der Waals surface area (Å²) in [6.45, 7) is 5.32. The van der Waals surface area contributed by atoms with Crippen LogP contribution in [0.1, 0.15) is 87.4 Å². The number of carbonyl (C=O) groups is 4. The maximum absolute atomic E-state index is 13.8. The molecule has 250 valence electrons. The highest BCUT2D eigenvalue weighted by Crippen LogP contribution is 2.35. The van der Waals surface area contributed by atoms with Crippen molar-refractivity contribution in [2.45, 2.75) is 107 Å². The number of amides is 4. The second-order valence-corrected chi connectivity index (χ2v) is 14.8. The number of benzene rings is 1. The van der Waals surface area contributed by atoms with Crippen LogP contribution < -0.4 is 10.6 Å². The molecule has 8 rings (SSSR count). The van der Waals surface area contributed by atoms with Gasteiger partial charge in [-0.05, 0) is 94.8 Å². The third-order valence-corrected chi connectivity index (χ3v) is 12.1. The van der Waals surface area contributed by atoms with E-state index < -0.39 is 6.04 Å². The minimum atomic E-state index is -0.637. The van der Waals surface area contributed by atoms with E-state index in [0.717, 1.165) is 71.2 Å². The van der Waals surface area contributed by atoms with Gasteiger partial charge in [-0.3, -0.25) is 24.1 Å². The van der Waals surface area contributed by atoms with Crippen LogP contribution in [0.5, 0.6) is 0 Å². The number of nitrogens with zero attached hydrogens (tertiary/aromatic N) is 4. The van der Waals surface area contributed by atoms with Crippen molar-refractivity contribution in [3.05, 3.63) is 35.9 Å². The Morgan fingerprint density at radius 3 is 2.28 bits per heavy atom. The van der Waals surface area contributed by atoms with Crippen LogP contribution >= 0.6 is 0 Å². The van der Waals surface area contributed by atoms with Gasteiger partial charge < -0.3 is 25.3 Å². The zero-order valence-corrected chi connectivity index (χ0v) is 27.3. The van der Waals surface area contributed by atoms with Gasteiger partial charge in [0.15, 0.2) is 0 Å². The summed E-state index contributed by atoms with van der Waals surface area (Å²) in [5, 5.41) is 6.46. The first-order chi connectivity index (χ1) is 22.4. The number of rotatable bonds is 2. The predicted octanol–water partition coefficient (Wildman–Crippen LogP) is 2.63. The quantitative estimate of drug-likeness (QED) is 0.520. The van der Waals surface area contributed by atoms with Crippen molar-refractivity contribution in [1.82, 2.24) is 30.2 Å². The van der Waals surface area contributed by atoms with Crippen molar-refractivity contribution >= 4 is 23.6 Å². The lowest BCUT2D eigenvalue weighted by atomic mass is 9.80. The van der Waals surface area contributed by atoms with Crippen LogP contribution in [0.25, 0.3) is 0 Å². The van der Waals surface area contributed by atoms with E-state index in [4.69, 9.17) is 0 Å². The Bertz CT molecular complexity index is 1260. The Balaban J connectivity index is 1.12. The van der Waals surface area contributed by atoms with Crippen molar-refractivity contribution in [2.24, 2.45) is 11.8 Å². The number of piperidine rings is 2. The number of likely N-dealkylation sites (tertiary alicyclic amines) is 2. The molecule has 6 aliphatic heterocycles. The molecule has 5 atom stereocenters. The van der Waals surface area contributed by atoms with Crippen LogP contribution in [0.3, 0.4) is 0 Å². The lowest BCUT2D eigenvalue weighted by molar-refractivity contribution is -0.136. The average Bonchev–Trinajstić information content (AvgIpc) is 3.87. The maximum Gasteiger partial charge on any atom is 0.254 e. The molecule has 46 heavy (non-hydrogen) atoms. The van der Waals surface area contributed by atoms with Crippen LogP contribution in [-0.2, 0) is 14.4 Å². The van der Waals surface area contributed by atoms with E-state index in [-0.39, 0.29) is 35.7 Å². The van der Waals surface area contributed by atoms with E-state index in [1.54, 1.807) is 17.0 Å². The average molecular weight is 633 g/mol. The third-order valence-electron chi connectivity index (χ3n) is 12.1. The highest BCUT2D eigenvalue weighted by Gasteiger charge is 2.44. The standard InChI is InChI=1S/C36H52N6O4/c43-33-21-26-13-18-40(29-9-4-5-10-29)23-27(26)12-16-37-34(44)32-22-28(24-42(32)36(46)25-7-2-1-3-8-25)38-35(45)31-11-6-17-41(31)30-14-19-39(33)20-15-30/h1-3,7-8,26-32H,4-6,9-24H2,(H,37,44)(H,38,45)/t26-,27-,28+,31-,32+/m0/s1. The van der Waals surface area contributed by atoms with Gasteiger partial charge in [0.05, 0.1) is 6.04 Å². The molecular formula is C36H52N6O4. The molecule has 1 aromatic carbocycles. The van der Waals surface area contributed by atoms with Crippen molar-refractivity contribution in [3.8, 4) is 0 Å². The number of hydrogen-bond acceptors (Lipinski definition) is 6. The molecule has 0 aromatic heterocycles. The van der Waals surface area contributed by atoms with Gasteiger partial charge >= 0.3 is 0 Å². The van der Waals surface area contributed by atoms with Gasteiger partial charge in [0.2, 0.25) is 17.7 Å². The number of hydrogen-bond donors (Lipinski definition) is 2. The molecule has 7 fully saturated rings. The van der Waals surface area contributed by atoms with E-state index in [0.29, 0.717) is 55.4 Å². The largest absolute Gasteiger partial charge is 0.354 e. The summed E-state index contributed by atoms with van der Waals surface area (Å²) in [6, 6.07) is 8.97. The van der Waals surface area contributed by atoms with Gasteiger partial charge in [-0.25, -0.2) is 0 Å². The minimum absolute atomic E-state index is 0.00276. The summed E-state index contributed by atoms with van der Waals surface area (Å²) in [6.07, 6.45) is 11.6. The van der Waals surface area contributed by atoms with Crippen molar-refractivity contribution in [3.63, 3.8) is 0 Å². The second kappa shape index (κ2) is 14.0. The normalized spacial score (nSPS) is 34.0. The number of nitrogens with one attached hydrogen (secondary N) is 2. The Kier molecular flexibility index (Phi) is 9.63. The fourth-order valence-electron chi connectivity index (χ4n) is 9.57. The fourth-order valence-corrected chi connectivity index (χ4v) is 9.57. The van der Waals surface area contributed by atoms with Crippen LogP contribution in [0, 0.1) is 11.8 Å². The van der Waals surface area contributed by atoms with Gasteiger partial charge in [-0.15, -0.1) is 0 Å². The molecule has 1 aliphatic carbocycles. The van der Waals surface area contributed by atoms with Crippen LogP contribution in [0.15, 0.2) is 30.3 Å². The molecule has 0 unspecified atom stereocenters. The molecule has 4 amide bonds. The Morgan fingerprint density at radius 1 is 0.717 bits per heavy atom. The molecular weight excluding hydrogens is 580 g/mol. The first kappa shape index (κ1) is 31.6. The monoisotopic (exact) mass is 632 g/mol. The van der Waals surface area contributed by atoms with Gasteiger partial charge in [0.1, 0.15) is 6.04 Å². The highest BCUT2D eigenvalue weighted by atomic mass is 16.2. The molecule has 0 radical (unpaired) electrons. The summed E-state index contributed by atoms with van der Waals surface area (Å²) in [4.78, 5) is 63.7. The Hall–Kier alpha value is -2.98. The number of carbonyl (C=O) groups excluding carboxylic acids is 4. The summed E-state index contributed by atoms with van der Waals surface area (Å²) < 4.78 is 0. The lowest BCUT2D eigenvalue weighted by Gasteiger charge is -2.43. The topological polar surface area (TPSA) is 105 Å². The van der Waals surface area contributed by atoms with Gasteiger partial charge in [-0.2, -0.15) is 0 Å². The lowest BCUT2D eigenvalue weighted by Crippen LogP contribution is -2.54. The van der Waals surface area contributed by atoms with Crippen LogP contribution in [0.2, 0.25) is 0 Å². The third kappa shape index (κ3) is 6.70. The molecule has 10 heteroatoms. The van der Waals surface area contributed by atoms with Gasteiger partial charge in [0.25, 0.3) is 5.91 Å². The first-order valence-corrected chi connectivity index (χ1v) is 18.2. The van der Waals surface area contributed by atoms with Crippen molar-refractivity contribution < 1.29 is 19.2 Å². The van der Waals surface area contributed by atoms with E-state index in [1.165, 1.54) is 25.7 Å². The Labute approximate surface area is 273 Å². The maximum atomic E-state index is 13.8. The van der Waals surface area contributed by atoms with E-state index in [1.807, 2.05) is 18.2 Å². The molecule has 10 nitrogen and oxygen atoms in total. The van der Waals surface area contributed by atoms with Crippen LogP contribution in [0.4, 0.5) is 0 Å². The molecule has 6 heterocycles. The smallest absolute Gasteiger partial charge is 0.254 e. The minimum Gasteiger partial charge on any atom is -0.354 e. The predicted molar refractivity (Wildman–Crippen MR) is 175 cm³/mol. The van der Waals surface area contributed by atoms with Gasteiger partial charge in [0, 0.05) is 62.8 Å². The SMILES string of the molecule is O=C1NCC[C@H]2CN(C3CCCC3)CC[C@H]2CC(=O)N2CCC(CC2)N2CCC[C@H]2C(=O)N[C@@H]2C[C@H]1N(C(=O)c1ccccc1)C2.